The van der Waals surface area contributed by atoms with Crippen LogP contribution in [0.2, 0.25) is 0 Å². The van der Waals surface area contributed by atoms with E-state index >= 15 is 0 Å². The Hall–Kier alpha value is -2.12. The number of rotatable bonds is 2. The summed E-state index contributed by atoms with van der Waals surface area (Å²) < 4.78 is 26.1. The average Bonchev–Trinajstić information content (AvgIpc) is 2.60. The lowest BCUT2D eigenvalue weighted by Gasteiger charge is -2.26. The highest BCUT2D eigenvalue weighted by molar-refractivity contribution is 5.68. The number of carbonyl (C=O) groups excluding carboxylic acids is 2. The van der Waals surface area contributed by atoms with Gasteiger partial charge in [-0.05, 0) is 27.2 Å². The number of aromatic nitrogens is 2. The second kappa shape index (κ2) is 6.55. The monoisotopic (exact) mass is 327 g/mol. The molecule has 0 N–H and O–H groups in total. The van der Waals surface area contributed by atoms with E-state index in [9.17, 15) is 14.0 Å². The van der Waals surface area contributed by atoms with Gasteiger partial charge in [-0.15, -0.1) is 0 Å². The van der Waals surface area contributed by atoms with Gasteiger partial charge in [-0.2, -0.15) is 5.10 Å². The first-order chi connectivity index (χ1) is 10.7. The molecule has 0 saturated heterocycles. The van der Waals surface area contributed by atoms with Crippen LogP contribution in [0.3, 0.4) is 0 Å². The van der Waals surface area contributed by atoms with E-state index < -0.39 is 23.5 Å². The highest BCUT2D eigenvalue weighted by Crippen LogP contribution is 2.21. The summed E-state index contributed by atoms with van der Waals surface area (Å²) in [6.07, 6.45) is 0.161. The van der Waals surface area contributed by atoms with Crippen molar-refractivity contribution in [2.75, 3.05) is 6.54 Å². The molecule has 0 radical (unpaired) electrons. The van der Waals surface area contributed by atoms with Crippen LogP contribution in [-0.4, -0.2) is 38.9 Å². The molecule has 1 aliphatic rings. The number of amides is 1. The first-order valence-corrected chi connectivity index (χ1v) is 7.52. The Morgan fingerprint density at radius 2 is 2.00 bits per heavy atom. The van der Waals surface area contributed by atoms with E-state index in [-0.39, 0.29) is 18.8 Å². The van der Waals surface area contributed by atoms with Crippen LogP contribution in [0.15, 0.2) is 0 Å². The van der Waals surface area contributed by atoms with Crippen LogP contribution in [0.4, 0.5) is 9.18 Å². The van der Waals surface area contributed by atoms with Gasteiger partial charge in [-0.25, -0.2) is 9.18 Å². The Balaban J connectivity index is 2.16. The SMILES string of the molecule is CC(=O)OCc1nn2c(c1F)CN(C(=O)OC(C)(C)C)CCC2. The first kappa shape index (κ1) is 17.2. The number of nitrogens with zero attached hydrogens (tertiary/aromatic N) is 3. The van der Waals surface area contributed by atoms with E-state index in [2.05, 4.69) is 5.10 Å². The normalized spacial score (nSPS) is 14.9. The van der Waals surface area contributed by atoms with Gasteiger partial charge in [0.2, 0.25) is 0 Å². The van der Waals surface area contributed by atoms with Crippen LogP contribution in [0.1, 0.15) is 45.5 Å². The summed E-state index contributed by atoms with van der Waals surface area (Å²) in [7, 11) is 0. The molecular formula is C15H22FN3O4. The molecule has 23 heavy (non-hydrogen) atoms. The molecule has 1 aromatic rings. The summed E-state index contributed by atoms with van der Waals surface area (Å²) in [4.78, 5) is 24.5. The van der Waals surface area contributed by atoms with Gasteiger partial charge < -0.3 is 14.4 Å². The molecular weight excluding hydrogens is 305 g/mol. The molecule has 0 bridgehead atoms. The summed E-state index contributed by atoms with van der Waals surface area (Å²) in [6.45, 7) is 7.42. The number of esters is 1. The van der Waals surface area contributed by atoms with Crippen LogP contribution in [0.5, 0.6) is 0 Å². The first-order valence-electron chi connectivity index (χ1n) is 7.52. The molecule has 0 unspecified atom stereocenters. The fourth-order valence-corrected chi connectivity index (χ4v) is 2.28. The second-order valence-corrected chi connectivity index (χ2v) is 6.47. The maximum atomic E-state index is 14.5. The third-order valence-corrected chi connectivity index (χ3v) is 3.26. The molecule has 0 aromatic carbocycles. The number of hydrogen-bond acceptors (Lipinski definition) is 5. The maximum absolute atomic E-state index is 14.5. The molecule has 2 heterocycles. The molecule has 128 valence electrons. The summed E-state index contributed by atoms with van der Waals surface area (Å²) >= 11 is 0. The molecule has 0 aliphatic carbocycles. The molecule has 1 amide bonds. The molecule has 2 rings (SSSR count). The van der Waals surface area contributed by atoms with Crippen molar-refractivity contribution < 1.29 is 23.5 Å². The largest absolute Gasteiger partial charge is 0.459 e. The quantitative estimate of drug-likeness (QED) is 0.779. The van der Waals surface area contributed by atoms with Crippen molar-refractivity contribution in [3.05, 3.63) is 17.2 Å². The number of ether oxygens (including phenoxy) is 2. The predicted octanol–water partition coefficient (Wildman–Crippen LogP) is 2.23. The summed E-state index contributed by atoms with van der Waals surface area (Å²) in [5.74, 6) is -1.04. The number of aryl methyl sites for hydroxylation is 1. The zero-order valence-electron chi connectivity index (χ0n) is 13.9. The third kappa shape index (κ3) is 4.43. The van der Waals surface area contributed by atoms with Crippen molar-refractivity contribution in [3.63, 3.8) is 0 Å². The fraction of sp³-hybridized carbons (Fsp3) is 0.667. The van der Waals surface area contributed by atoms with Crippen LogP contribution in [0, 0.1) is 5.82 Å². The van der Waals surface area contributed by atoms with E-state index in [1.807, 2.05) is 0 Å². The second-order valence-electron chi connectivity index (χ2n) is 6.47. The summed E-state index contributed by atoms with van der Waals surface area (Å²) in [5, 5.41) is 4.14. The van der Waals surface area contributed by atoms with Crippen molar-refractivity contribution in [2.45, 2.75) is 59.4 Å². The predicted molar refractivity (Wildman–Crippen MR) is 78.9 cm³/mol. The lowest BCUT2D eigenvalue weighted by molar-refractivity contribution is -0.142. The Bertz CT molecular complexity index is 607. The number of halogens is 1. The Morgan fingerprint density at radius 3 is 2.61 bits per heavy atom. The van der Waals surface area contributed by atoms with Gasteiger partial charge in [0.25, 0.3) is 0 Å². The minimum Gasteiger partial charge on any atom is -0.459 e. The van der Waals surface area contributed by atoms with Gasteiger partial charge in [0.05, 0.1) is 12.2 Å². The molecule has 0 saturated carbocycles. The molecule has 8 heteroatoms. The van der Waals surface area contributed by atoms with Gasteiger partial charge in [-0.3, -0.25) is 9.48 Å². The number of carbonyl (C=O) groups is 2. The van der Waals surface area contributed by atoms with Crippen molar-refractivity contribution in [3.8, 4) is 0 Å². The minimum atomic E-state index is -0.608. The maximum Gasteiger partial charge on any atom is 0.410 e. The Morgan fingerprint density at radius 1 is 1.30 bits per heavy atom. The lowest BCUT2D eigenvalue weighted by Crippen LogP contribution is -2.36. The Kier molecular flexibility index (Phi) is 4.91. The van der Waals surface area contributed by atoms with Crippen molar-refractivity contribution >= 4 is 12.1 Å². The molecule has 7 nitrogen and oxygen atoms in total. The highest BCUT2D eigenvalue weighted by Gasteiger charge is 2.28. The number of fused-ring (bicyclic) bond motifs is 1. The van der Waals surface area contributed by atoms with Crippen LogP contribution in [0.25, 0.3) is 0 Å². The standard InChI is InChI=1S/C15H22FN3O4/c1-10(20)22-9-11-13(16)12-8-18(6-5-7-19(12)17-11)14(21)23-15(2,3)4/h5-9H2,1-4H3. The zero-order valence-corrected chi connectivity index (χ0v) is 13.9. The van der Waals surface area contributed by atoms with Crippen molar-refractivity contribution in [1.82, 2.24) is 14.7 Å². The third-order valence-electron chi connectivity index (χ3n) is 3.26. The smallest absolute Gasteiger partial charge is 0.410 e. The van der Waals surface area contributed by atoms with E-state index in [1.54, 1.807) is 20.8 Å². The van der Waals surface area contributed by atoms with Gasteiger partial charge in [-0.1, -0.05) is 0 Å². The van der Waals surface area contributed by atoms with Crippen LogP contribution < -0.4 is 0 Å². The minimum absolute atomic E-state index is 0.0706. The topological polar surface area (TPSA) is 73.7 Å². The van der Waals surface area contributed by atoms with E-state index in [4.69, 9.17) is 9.47 Å². The van der Waals surface area contributed by atoms with E-state index in [0.29, 0.717) is 25.2 Å². The summed E-state index contributed by atoms with van der Waals surface area (Å²) in [5.41, 5.74) is -0.236. The van der Waals surface area contributed by atoms with Gasteiger partial charge >= 0.3 is 12.1 Å². The van der Waals surface area contributed by atoms with Crippen molar-refractivity contribution in [2.24, 2.45) is 0 Å². The van der Waals surface area contributed by atoms with Gasteiger partial charge in [0.15, 0.2) is 5.82 Å². The molecule has 0 atom stereocenters. The molecule has 1 aliphatic heterocycles. The Labute approximate surface area is 134 Å². The lowest BCUT2D eigenvalue weighted by atomic mass is 10.2. The average molecular weight is 327 g/mol. The fourth-order valence-electron chi connectivity index (χ4n) is 2.28. The zero-order chi connectivity index (χ0) is 17.2. The molecule has 1 aromatic heterocycles. The van der Waals surface area contributed by atoms with E-state index in [1.165, 1.54) is 16.5 Å². The summed E-state index contributed by atoms with van der Waals surface area (Å²) in [6, 6.07) is 0. The van der Waals surface area contributed by atoms with Crippen molar-refractivity contribution in [1.29, 1.82) is 0 Å². The van der Waals surface area contributed by atoms with Gasteiger partial charge in [0, 0.05) is 20.0 Å². The van der Waals surface area contributed by atoms with Crippen LogP contribution >= 0.6 is 0 Å². The highest BCUT2D eigenvalue weighted by atomic mass is 19.1. The number of hydrogen-bond donors (Lipinski definition) is 0. The van der Waals surface area contributed by atoms with E-state index in [0.717, 1.165) is 0 Å². The molecule has 0 spiro atoms. The van der Waals surface area contributed by atoms with Gasteiger partial charge in [0.1, 0.15) is 17.9 Å². The van der Waals surface area contributed by atoms with Crippen LogP contribution in [-0.2, 0) is 34.0 Å². The molecule has 0 fully saturated rings.